The lowest BCUT2D eigenvalue weighted by Crippen LogP contribution is -2.47. The number of fused-ring (bicyclic) bond motifs is 1. The number of nitrogens with zero attached hydrogens (tertiary/aromatic N) is 3. The Kier molecular flexibility index (Phi) is 6.43. The van der Waals surface area contributed by atoms with Crippen molar-refractivity contribution in [3.05, 3.63) is 57.5 Å². The van der Waals surface area contributed by atoms with E-state index in [1.54, 1.807) is 17.4 Å². The van der Waals surface area contributed by atoms with Gasteiger partial charge in [0, 0.05) is 12.6 Å². The maximum absolute atomic E-state index is 13.4. The average molecular weight is 386 g/mol. The van der Waals surface area contributed by atoms with Gasteiger partial charge in [-0.25, -0.2) is 4.39 Å². The van der Waals surface area contributed by atoms with Crippen LogP contribution in [0.5, 0.6) is 0 Å². The molecule has 1 aliphatic rings. The number of hydrogen-bond acceptors (Lipinski definition) is 4. The third kappa shape index (κ3) is 5.06. The minimum atomic E-state index is -0.184. The number of nitrogens with one attached hydrogen (secondary N) is 2. The van der Waals surface area contributed by atoms with Crippen molar-refractivity contribution in [2.24, 2.45) is 4.99 Å². The van der Waals surface area contributed by atoms with E-state index < -0.39 is 0 Å². The Bertz CT molecular complexity index is 825. The van der Waals surface area contributed by atoms with Gasteiger partial charge in [-0.15, -0.1) is 4.99 Å². The van der Waals surface area contributed by atoms with E-state index in [1.807, 2.05) is 26.4 Å². The summed E-state index contributed by atoms with van der Waals surface area (Å²) in [5.41, 5.74) is 3.47. The highest BCUT2D eigenvalue weighted by molar-refractivity contribution is 7.07. The molecule has 5 nitrogen and oxygen atoms in total. The zero-order valence-electron chi connectivity index (χ0n) is 15.6. The van der Waals surface area contributed by atoms with Crippen LogP contribution in [0.3, 0.4) is 0 Å². The molecule has 7 heteroatoms. The molecule has 0 bridgehead atoms. The van der Waals surface area contributed by atoms with E-state index in [2.05, 4.69) is 37.4 Å². The summed E-state index contributed by atoms with van der Waals surface area (Å²) in [6.45, 7) is 0.645. The topological polar surface area (TPSA) is 63.5 Å². The lowest BCUT2D eigenvalue weighted by atomic mass is 9.88. The monoisotopic (exact) mass is 385 g/mol. The lowest BCUT2D eigenvalue weighted by Gasteiger charge is -2.28. The molecular weight excluding hydrogens is 361 g/mol. The van der Waals surface area contributed by atoms with Crippen LogP contribution in [0, 0.1) is 17.3 Å². The molecule has 1 aromatic heterocycles. The van der Waals surface area contributed by atoms with Crippen molar-refractivity contribution in [2.75, 3.05) is 20.6 Å². The molecule has 2 aromatic rings. The van der Waals surface area contributed by atoms with E-state index in [9.17, 15) is 4.39 Å². The summed E-state index contributed by atoms with van der Waals surface area (Å²) < 4.78 is 13.4. The van der Waals surface area contributed by atoms with E-state index in [-0.39, 0.29) is 17.9 Å². The van der Waals surface area contributed by atoms with Gasteiger partial charge in [0.2, 0.25) is 12.2 Å². The van der Waals surface area contributed by atoms with E-state index in [1.165, 1.54) is 11.6 Å². The molecule has 2 N–H and O–H groups in total. The van der Waals surface area contributed by atoms with Gasteiger partial charge in [0.25, 0.3) is 0 Å². The first-order chi connectivity index (χ1) is 13.1. The fourth-order valence-corrected chi connectivity index (χ4v) is 4.18. The Morgan fingerprint density at radius 1 is 1.41 bits per heavy atom. The van der Waals surface area contributed by atoms with Crippen LogP contribution in [-0.4, -0.2) is 37.5 Å². The predicted octanol–water partition coefficient (Wildman–Crippen LogP) is 3.06. The maximum Gasteiger partial charge on any atom is 0.209 e. The first kappa shape index (κ1) is 19.3. The molecule has 1 aromatic carbocycles. The molecule has 0 radical (unpaired) electrons. The Balaban J connectivity index is 1.62. The Labute approximate surface area is 163 Å². The molecule has 0 spiro atoms. The van der Waals surface area contributed by atoms with Crippen molar-refractivity contribution in [1.82, 2.24) is 15.5 Å². The third-order valence-corrected chi connectivity index (χ3v) is 5.62. The van der Waals surface area contributed by atoms with Crippen LogP contribution >= 0.6 is 11.3 Å². The molecule has 142 valence electrons. The molecule has 1 heterocycles. The summed E-state index contributed by atoms with van der Waals surface area (Å²) in [4.78, 5) is 6.07. The van der Waals surface area contributed by atoms with Gasteiger partial charge < -0.3 is 15.5 Å². The first-order valence-corrected chi connectivity index (χ1v) is 9.94. The number of aliphatic imine (C=N–C) groups is 1. The summed E-state index contributed by atoms with van der Waals surface area (Å²) in [5, 5.41) is 19.9. The van der Waals surface area contributed by atoms with Gasteiger partial charge in [0.15, 0.2) is 0 Å². The van der Waals surface area contributed by atoms with Crippen molar-refractivity contribution in [1.29, 1.82) is 5.26 Å². The maximum atomic E-state index is 13.4. The largest absolute Gasteiger partial charge is 0.354 e. The van der Waals surface area contributed by atoms with Crippen molar-refractivity contribution in [3.63, 3.8) is 0 Å². The standard InChI is InChI=1S/C20H24FN5S/c1-26(2)19(16-7-8-27-12-16)11-23-20(24-13-22)25-18-6-4-14-9-17(21)5-3-15(14)10-18/h3,5,7-9,12,18-19H,4,6,10-11H2,1-2H3,(H2,23,24,25). The van der Waals surface area contributed by atoms with Crippen molar-refractivity contribution >= 4 is 17.3 Å². The van der Waals surface area contributed by atoms with E-state index in [4.69, 9.17) is 5.26 Å². The smallest absolute Gasteiger partial charge is 0.209 e. The molecule has 27 heavy (non-hydrogen) atoms. The van der Waals surface area contributed by atoms with Crippen LogP contribution in [0.4, 0.5) is 4.39 Å². The van der Waals surface area contributed by atoms with Crippen molar-refractivity contribution in [3.8, 4) is 6.19 Å². The van der Waals surface area contributed by atoms with Crippen LogP contribution in [0.15, 0.2) is 40.0 Å². The molecule has 0 aliphatic heterocycles. The second-order valence-corrected chi connectivity index (χ2v) is 7.75. The van der Waals surface area contributed by atoms with Crippen LogP contribution in [-0.2, 0) is 12.8 Å². The molecular formula is C20H24FN5S. The number of aryl methyl sites for hydroxylation is 1. The summed E-state index contributed by atoms with van der Waals surface area (Å²) >= 11 is 1.67. The summed E-state index contributed by atoms with van der Waals surface area (Å²) in [6, 6.07) is 7.45. The summed E-state index contributed by atoms with van der Waals surface area (Å²) in [6.07, 6.45) is 4.37. The van der Waals surface area contributed by atoms with Gasteiger partial charge in [-0.3, -0.25) is 0 Å². The highest BCUT2D eigenvalue weighted by Crippen LogP contribution is 2.23. The fourth-order valence-electron chi connectivity index (χ4n) is 3.47. The number of rotatable bonds is 5. The normalized spacial score (nSPS) is 17.9. The van der Waals surface area contributed by atoms with Crippen molar-refractivity contribution < 1.29 is 4.39 Å². The molecule has 0 fully saturated rings. The molecule has 3 rings (SSSR count). The molecule has 0 saturated heterocycles. The molecule has 0 saturated carbocycles. The average Bonchev–Trinajstić information content (AvgIpc) is 3.16. The predicted molar refractivity (Wildman–Crippen MR) is 107 cm³/mol. The highest BCUT2D eigenvalue weighted by atomic mass is 32.1. The fraction of sp³-hybridized carbons (Fsp3) is 0.400. The van der Waals surface area contributed by atoms with Gasteiger partial charge in [-0.2, -0.15) is 16.6 Å². The highest BCUT2D eigenvalue weighted by Gasteiger charge is 2.21. The number of nitriles is 1. The van der Waals surface area contributed by atoms with E-state index in [0.29, 0.717) is 12.5 Å². The molecule has 0 amide bonds. The number of guanidine groups is 1. The van der Waals surface area contributed by atoms with Crippen LogP contribution in [0.1, 0.15) is 29.2 Å². The lowest BCUT2D eigenvalue weighted by molar-refractivity contribution is 0.298. The number of thiophene rings is 1. The zero-order chi connectivity index (χ0) is 19.2. The van der Waals surface area contributed by atoms with Crippen molar-refractivity contribution in [2.45, 2.75) is 31.3 Å². The number of hydrogen-bond donors (Lipinski definition) is 2. The van der Waals surface area contributed by atoms with Crippen LogP contribution in [0.25, 0.3) is 0 Å². The first-order valence-electron chi connectivity index (χ1n) is 9.00. The van der Waals surface area contributed by atoms with E-state index >= 15 is 0 Å². The van der Waals surface area contributed by atoms with Gasteiger partial charge in [-0.05, 0) is 79.0 Å². The number of benzene rings is 1. The SMILES string of the molecule is CN(C)C(CNC(=NC#N)NC1CCc2cc(F)ccc2C1)c1ccsc1. The minimum absolute atomic E-state index is 0.168. The number of likely N-dealkylation sites (N-methyl/N-ethyl adjacent to an activating group) is 1. The molecule has 2 unspecified atom stereocenters. The minimum Gasteiger partial charge on any atom is -0.354 e. The Morgan fingerprint density at radius 3 is 2.96 bits per heavy atom. The van der Waals surface area contributed by atoms with Gasteiger partial charge >= 0.3 is 0 Å². The second-order valence-electron chi connectivity index (χ2n) is 6.97. The van der Waals surface area contributed by atoms with E-state index in [0.717, 1.165) is 30.4 Å². The molecule has 2 atom stereocenters. The summed E-state index contributed by atoms with van der Waals surface area (Å²) in [7, 11) is 4.07. The van der Waals surface area contributed by atoms with Crippen LogP contribution in [0.2, 0.25) is 0 Å². The third-order valence-electron chi connectivity index (χ3n) is 4.91. The number of halogens is 1. The second kappa shape index (κ2) is 8.98. The Morgan fingerprint density at radius 2 is 2.26 bits per heavy atom. The summed E-state index contributed by atoms with van der Waals surface area (Å²) in [5.74, 6) is 0.312. The molecule has 1 aliphatic carbocycles. The zero-order valence-corrected chi connectivity index (χ0v) is 16.4. The van der Waals surface area contributed by atoms with Gasteiger partial charge in [0.1, 0.15) is 5.82 Å². The Hall–Kier alpha value is -2.43. The van der Waals surface area contributed by atoms with Gasteiger partial charge in [0.05, 0.1) is 6.04 Å². The quantitative estimate of drug-likeness (QED) is 0.472. The van der Waals surface area contributed by atoms with Gasteiger partial charge in [-0.1, -0.05) is 6.07 Å². The van der Waals surface area contributed by atoms with Crippen LogP contribution < -0.4 is 10.6 Å².